The lowest BCUT2D eigenvalue weighted by molar-refractivity contribution is -0.173. The predicted molar refractivity (Wildman–Crippen MR) is 114 cm³/mol. The van der Waals surface area contributed by atoms with Crippen molar-refractivity contribution in [2.24, 2.45) is 0 Å². The van der Waals surface area contributed by atoms with Crippen LogP contribution in [0.3, 0.4) is 0 Å². The summed E-state index contributed by atoms with van der Waals surface area (Å²) in [5.41, 5.74) is 1.35. The first-order chi connectivity index (χ1) is 15.2. The van der Waals surface area contributed by atoms with Gasteiger partial charge < -0.3 is 15.4 Å². The monoisotopic (exact) mass is 464 g/mol. The van der Waals surface area contributed by atoms with E-state index in [0.29, 0.717) is 16.3 Å². The van der Waals surface area contributed by atoms with Crippen LogP contribution in [-0.4, -0.2) is 29.0 Å². The number of methoxy groups -OCH3 is 1. The number of benzene rings is 2. The fourth-order valence-corrected chi connectivity index (χ4v) is 3.87. The minimum Gasteiger partial charge on any atom is -0.497 e. The topological polar surface area (TPSA) is 68.2 Å². The van der Waals surface area contributed by atoms with Crippen molar-refractivity contribution in [3.05, 3.63) is 76.4 Å². The van der Waals surface area contributed by atoms with Crippen molar-refractivity contribution in [3.63, 3.8) is 0 Å². The van der Waals surface area contributed by atoms with Crippen LogP contribution in [-0.2, 0) is 6.54 Å². The van der Waals surface area contributed by atoms with E-state index in [2.05, 4.69) is 15.7 Å². The Bertz CT molecular complexity index is 1120. The van der Waals surface area contributed by atoms with Crippen LogP contribution in [0, 0.1) is 0 Å². The van der Waals surface area contributed by atoms with Crippen LogP contribution in [0.4, 0.5) is 19.0 Å². The number of anilines is 1. The summed E-state index contributed by atoms with van der Waals surface area (Å²) in [6.07, 6.45) is -4.78. The molecule has 1 aliphatic rings. The SMILES string of the molecule is COc1ccc([C@@H]2C[C@H](C(F)(F)F)n3nc(C(=O)NCc4cccc(Cl)c4)cc3N2)cc1. The van der Waals surface area contributed by atoms with Crippen LogP contribution in [0.15, 0.2) is 54.6 Å². The van der Waals surface area contributed by atoms with E-state index < -0.39 is 24.2 Å². The number of halogens is 4. The Balaban J connectivity index is 1.56. The molecule has 2 heterocycles. The van der Waals surface area contributed by atoms with Gasteiger partial charge in [-0.05, 0) is 35.4 Å². The number of hydrogen-bond acceptors (Lipinski definition) is 4. The third kappa shape index (κ3) is 4.67. The normalized spacial score (nSPS) is 17.9. The Labute approximate surface area is 187 Å². The van der Waals surface area contributed by atoms with E-state index in [1.807, 2.05) is 0 Å². The van der Waals surface area contributed by atoms with Gasteiger partial charge in [-0.15, -0.1) is 0 Å². The van der Waals surface area contributed by atoms with E-state index in [4.69, 9.17) is 16.3 Å². The molecule has 1 aromatic heterocycles. The second kappa shape index (κ2) is 8.74. The maximum absolute atomic E-state index is 13.8. The Morgan fingerprint density at radius 2 is 2.00 bits per heavy atom. The summed E-state index contributed by atoms with van der Waals surface area (Å²) in [6, 6.07) is 12.6. The predicted octanol–water partition coefficient (Wildman–Crippen LogP) is 5.14. The fourth-order valence-electron chi connectivity index (χ4n) is 3.66. The molecule has 6 nitrogen and oxygen atoms in total. The standard InChI is InChI=1S/C22H20ClF3N4O2/c1-32-16-7-5-14(6-8-16)17-10-19(22(24,25)26)30-20(28-17)11-18(29-30)21(31)27-12-13-3-2-4-15(23)9-13/h2-9,11,17,19,28H,10,12H2,1H3,(H,27,31)/t17-,19+/m0/s1. The first kappa shape index (κ1) is 22.0. The molecule has 0 saturated heterocycles. The second-order valence-corrected chi connectivity index (χ2v) is 7.87. The number of nitrogens with zero attached hydrogens (tertiary/aromatic N) is 2. The van der Waals surface area contributed by atoms with Gasteiger partial charge in [0.15, 0.2) is 11.7 Å². The molecule has 0 spiro atoms. The van der Waals surface area contributed by atoms with Gasteiger partial charge in [0.2, 0.25) is 0 Å². The van der Waals surface area contributed by atoms with Crippen LogP contribution in [0.5, 0.6) is 5.75 Å². The molecule has 1 amide bonds. The minimum absolute atomic E-state index is 0.0980. The van der Waals surface area contributed by atoms with Crippen molar-refractivity contribution in [1.82, 2.24) is 15.1 Å². The zero-order valence-electron chi connectivity index (χ0n) is 17.0. The molecule has 2 N–H and O–H groups in total. The number of fused-ring (bicyclic) bond motifs is 1. The van der Waals surface area contributed by atoms with E-state index in [1.165, 1.54) is 13.2 Å². The average Bonchev–Trinajstić information content (AvgIpc) is 3.20. The fraction of sp³-hybridized carbons (Fsp3) is 0.273. The first-order valence-electron chi connectivity index (χ1n) is 9.84. The van der Waals surface area contributed by atoms with Gasteiger partial charge in [0.25, 0.3) is 5.91 Å². The molecule has 2 atom stereocenters. The Hall–Kier alpha value is -3.20. The summed E-state index contributed by atoms with van der Waals surface area (Å²) in [5, 5.41) is 10.2. The molecule has 3 aromatic rings. The van der Waals surface area contributed by atoms with Gasteiger partial charge in [0.1, 0.15) is 11.6 Å². The van der Waals surface area contributed by atoms with Gasteiger partial charge in [-0.3, -0.25) is 4.79 Å². The van der Waals surface area contributed by atoms with E-state index in [-0.39, 0.29) is 24.5 Å². The molecule has 0 radical (unpaired) electrons. The highest BCUT2D eigenvalue weighted by atomic mass is 35.5. The first-order valence-corrected chi connectivity index (χ1v) is 10.2. The molecule has 0 unspecified atom stereocenters. The zero-order chi connectivity index (χ0) is 22.9. The lowest BCUT2D eigenvalue weighted by Crippen LogP contribution is -2.35. The number of hydrogen-bond donors (Lipinski definition) is 2. The molecule has 168 valence electrons. The van der Waals surface area contributed by atoms with E-state index in [0.717, 1.165) is 10.2 Å². The summed E-state index contributed by atoms with van der Waals surface area (Å²) in [5.74, 6) is 0.170. The van der Waals surface area contributed by atoms with Crippen LogP contribution in [0.25, 0.3) is 0 Å². The van der Waals surface area contributed by atoms with Gasteiger partial charge in [-0.1, -0.05) is 35.9 Å². The Morgan fingerprint density at radius 3 is 2.66 bits per heavy atom. The number of carbonyl (C=O) groups excluding carboxylic acids is 1. The number of aromatic nitrogens is 2. The minimum atomic E-state index is -4.53. The molecular weight excluding hydrogens is 445 g/mol. The second-order valence-electron chi connectivity index (χ2n) is 7.44. The third-order valence-electron chi connectivity index (χ3n) is 5.28. The van der Waals surface area contributed by atoms with Gasteiger partial charge in [-0.25, -0.2) is 4.68 Å². The van der Waals surface area contributed by atoms with Crippen LogP contribution >= 0.6 is 11.6 Å². The highest BCUT2D eigenvalue weighted by Gasteiger charge is 2.46. The molecule has 0 bridgehead atoms. The maximum atomic E-state index is 13.8. The lowest BCUT2D eigenvalue weighted by atomic mass is 9.97. The van der Waals surface area contributed by atoms with E-state index in [1.54, 1.807) is 48.5 Å². The number of alkyl halides is 3. The summed E-state index contributed by atoms with van der Waals surface area (Å²) in [6.45, 7) is 0.173. The molecule has 0 fully saturated rings. The summed E-state index contributed by atoms with van der Waals surface area (Å²) >= 11 is 5.94. The van der Waals surface area contributed by atoms with E-state index >= 15 is 0 Å². The molecule has 1 aliphatic heterocycles. The van der Waals surface area contributed by atoms with Crippen molar-refractivity contribution in [1.29, 1.82) is 0 Å². The molecule has 10 heteroatoms. The highest BCUT2D eigenvalue weighted by molar-refractivity contribution is 6.30. The Kier molecular flexibility index (Phi) is 6.01. The molecular formula is C22H20ClF3N4O2. The van der Waals surface area contributed by atoms with E-state index in [9.17, 15) is 18.0 Å². The number of ether oxygens (including phenoxy) is 1. The molecule has 32 heavy (non-hydrogen) atoms. The van der Waals surface area contributed by atoms with Gasteiger partial charge in [0.05, 0.1) is 13.2 Å². The summed E-state index contributed by atoms with van der Waals surface area (Å²) in [7, 11) is 1.52. The van der Waals surface area contributed by atoms with Crippen molar-refractivity contribution < 1.29 is 22.7 Å². The molecule has 0 saturated carbocycles. The molecule has 2 aromatic carbocycles. The summed E-state index contributed by atoms with van der Waals surface area (Å²) in [4.78, 5) is 12.6. The van der Waals surface area contributed by atoms with Crippen molar-refractivity contribution in [2.45, 2.75) is 31.2 Å². The Morgan fingerprint density at radius 1 is 1.25 bits per heavy atom. The number of rotatable bonds is 5. The summed E-state index contributed by atoms with van der Waals surface area (Å²) < 4.78 is 47.4. The highest BCUT2D eigenvalue weighted by Crippen LogP contribution is 2.43. The van der Waals surface area contributed by atoms with Gasteiger partial charge in [0, 0.05) is 24.1 Å². The number of nitrogens with one attached hydrogen (secondary N) is 2. The van der Waals surface area contributed by atoms with Gasteiger partial charge in [-0.2, -0.15) is 18.3 Å². The van der Waals surface area contributed by atoms with Crippen molar-refractivity contribution in [2.75, 3.05) is 12.4 Å². The lowest BCUT2D eigenvalue weighted by Gasteiger charge is -2.33. The zero-order valence-corrected chi connectivity index (χ0v) is 17.7. The van der Waals surface area contributed by atoms with Crippen molar-refractivity contribution in [3.8, 4) is 5.75 Å². The molecule has 0 aliphatic carbocycles. The van der Waals surface area contributed by atoms with Crippen molar-refractivity contribution >= 4 is 23.3 Å². The van der Waals surface area contributed by atoms with Crippen LogP contribution in [0.1, 0.15) is 40.1 Å². The smallest absolute Gasteiger partial charge is 0.410 e. The van der Waals surface area contributed by atoms with Gasteiger partial charge >= 0.3 is 6.18 Å². The third-order valence-corrected chi connectivity index (χ3v) is 5.52. The van der Waals surface area contributed by atoms with Crippen LogP contribution in [0.2, 0.25) is 5.02 Å². The number of carbonyl (C=O) groups is 1. The molecule has 4 rings (SSSR count). The number of amides is 1. The quantitative estimate of drug-likeness (QED) is 0.549. The largest absolute Gasteiger partial charge is 0.497 e. The van der Waals surface area contributed by atoms with Crippen LogP contribution < -0.4 is 15.4 Å². The average molecular weight is 465 g/mol. The maximum Gasteiger partial charge on any atom is 0.410 e.